The normalized spacial score (nSPS) is 18.6. The third kappa shape index (κ3) is 10.4. The fraction of sp³-hybridized carbons (Fsp3) is 0.400. The van der Waals surface area contributed by atoms with E-state index in [1.54, 1.807) is 47.8 Å². The molecule has 78 heavy (non-hydrogen) atoms. The van der Waals surface area contributed by atoms with Gasteiger partial charge in [-0.3, -0.25) is 19.4 Å². The molecule has 0 radical (unpaired) electrons. The van der Waals surface area contributed by atoms with Crippen LogP contribution in [0.3, 0.4) is 0 Å². The second kappa shape index (κ2) is 21.4. The highest BCUT2D eigenvalue weighted by Gasteiger charge is 2.48. The number of amidine groups is 1. The van der Waals surface area contributed by atoms with Gasteiger partial charge in [0.25, 0.3) is 17.3 Å². The lowest BCUT2D eigenvalue weighted by Gasteiger charge is -2.35. The van der Waals surface area contributed by atoms with E-state index in [0.29, 0.717) is 77.7 Å². The monoisotopic (exact) mass is 1110 g/mol. The summed E-state index contributed by atoms with van der Waals surface area (Å²) in [6, 6.07) is 13.2. The second-order valence-corrected chi connectivity index (χ2v) is 23.8. The third-order valence-electron chi connectivity index (χ3n) is 14.8. The molecule has 10 rings (SSSR count). The van der Waals surface area contributed by atoms with Crippen molar-refractivity contribution in [1.29, 1.82) is 0 Å². The summed E-state index contributed by atoms with van der Waals surface area (Å²) in [5.74, 6) is -3.17. The molecule has 8 heterocycles. The van der Waals surface area contributed by atoms with Gasteiger partial charge in [-0.05, 0) is 85.5 Å². The maximum atomic E-state index is 15.6. The Kier molecular flexibility index (Phi) is 14.8. The number of carbonyl (C=O) groups excluding carboxylic acids is 2. The molecule has 4 atom stereocenters. The number of aryl methyl sites for hydroxylation is 2. The Morgan fingerprint density at radius 2 is 1.86 bits per heavy atom. The van der Waals surface area contributed by atoms with E-state index >= 15 is 4.39 Å². The number of halogens is 2. The van der Waals surface area contributed by atoms with Gasteiger partial charge in [-0.1, -0.05) is 38.1 Å². The van der Waals surface area contributed by atoms with Crippen molar-refractivity contribution in [2.75, 3.05) is 37.4 Å². The number of aromatic nitrogens is 5. The van der Waals surface area contributed by atoms with E-state index in [1.165, 1.54) is 15.5 Å². The molecule has 1 fully saturated rings. The van der Waals surface area contributed by atoms with Crippen LogP contribution < -0.4 is 25.8 Å². The molecule has 0 bridgehead atoms. The molecule has 1 saturated heterocycles. The first-order valence-electron chi connectivity index (χ1n) is 25.9. The minimum Gasteiger partial charge on any atom is -0.476 e. The van der Waals surface area contributed by atoms with E-state index in [4.69, 9.17) is 14.4 Å². The second-order valence-electron chi connectivity index (χ2n) is 20.8. The smallest absolute Gasteiger partial charge is 0.274 e. The zero-order valence-electron chi connectivity index (χ0n) is 44.3. The van der Waals surface area contributed by atoms with E-state index in [0.717, 1.165) is 34.2 Å². The number of amides is 2. The number of sulfone groups is 1. The van der Waals surface area contributed by atoms with E-state index in [9.17, 15) is 32.3 Å². The Balaban J connectivity index is 0.779. The van der Waals surface area contributed by atoms with Crippen LogP contribution in [0.15, 0.2) is 87.1 Å². The number of benzene rings is 2. The van der Waals surface area contributed by atoms with Crippen LogP contribution in [-0.4, -0.2) is 110 Å². The van der Waals surface area contributed by atoms with E-state index < -0.39 is 56.9 Å². The first kappa shape index (κ1) is 53.9. The quantitative estimate of drug-likeness (QED) is 0.0606. The number of unbranched alkanes of at least 4 members (excludes halogenated alkanes) is 2. The summed E-state index contributed by atoms with van der Waals surface area (Å²) < 4.78 is 68.6. The van der Waals surface area contributed by atoms with Gasteiger partial charge in [0.2, 0.25) is 5.91 Å². The third-order valence-corrected chi connectivity index (χ3v) is 16.6. The summed E-state index contributed by atoms with van der Waals surface area (Å²) in [6.45, 7) is 11.1. The molecule has 4 N–H and O–H groups in total. The molecule has 0 saturated carbocycles. The van der Waals surface area contributed by atoms with Gasteiger partial charge >= 0.3 is 0 Å². The SMILES string of the molecule is CCN1N=C(C2CC(O)CN2C(=O)C(c2cc(OCCCCCNC(=O)c3cc4c(cc3CS(C)(=O)=O)-c3cn(C)c(=O)c5[nH]cc(c35)CN4c3ncc(F)cc3F)no2)C(C)C)NC1(C)c1ccc(-c2scnc2C)cc1. The zero-order valence-corrected chi connectivity index (χ0v) is 45.9. The first-order valence-corrected chi connectivity index (χ1v) is 28.8. The maximum Gasteiger partial charge on any atom is 0.274 e. The predicted molar refractivity (Wildman–Crippen MR) is 292 cm³/mol. The van der Waals surface area contributed by atoms with Crippen LogP contribution in [-0.2, 0) is 39.6 Å². The average molecular weight is 1110 g/mol. The highest BCUT2D eigenvalue weighted by Crippen LogP contribution is 2.45. The van der Waals surface area contributed by atoms with Gasteiger partial charge in [0, 0.05) is 86.0 Å². The molecule has 2 aromatic carbocycles. The highest BCUT2D eigenvalue weighted by atomic mass is 32.2. The van der Waals surface area contributed by atoms with Crippen molar-refractivity contribution < 1.29 is 41.2 Å². The lowest BCUT2D eigenvalue weighted by atomic mass is 9.91. The topological polar surface area (TPSA) is 233 Å². The Morgan fingerprint density at radius 1 is 1.08 bits per heavy atom. The van der Waals surface area contributed by atoms with Gasteiger partial charge in [0.05, 0.1) is 59.0 Å². The Hall–Kier alpha value is -7.50. The number of β-amino-alcohol motifs (C(OH)–C–C–N with tert-alkyl or cyclic N) is 1. The van der Waals surface area contributed by atoms with Gasteiger partial charge in [-0.15, -0.1) is 11.3 Å². The number of hydrazone groups is 1. The van der Waals surface area contributed by atoms with Gasteiger partial charge in [-0.2, -0.15) is 5.10 Å². The zero-order chi connectivity index (χ0) is 55.4. The van der Waals surface area contributed by atoms with Crippen LogP contribution in [0.4, 0.5) is 20.3 Å². The minimum atomic E-state index is -3.70. The molecule has 19 nitrogen and oxygen atoms in total. The number of thiazole rings is 1. The molecule has 23 heteroatoms. The number of anilines is 2. The molecule has 0 aliphatic carbocycles. The number of ether oxygens (including phenoxy) is 1. The van der Waals surface area contributed by atoms with Gasteiger partial charge in [0.1, 0.15) is 23.1 Å². The van der Waals surface area contributed by atoms with Crippen LogP contribution in [0.25, 0.3) is 32.5 Å². The number of carbonyl (C=O) groups is 2. The number of fused-ring (bicyclic) bond motifs is 2. The summed E-state index contributed by atoms with van der Waals surface area (Å²) >= 11 is 1.60. The first-order chi connectivity index (χ1) is 37.2. The number of aliphatic hydroxyl groups is 1. The Morgan fingerprint density at radius 3 is 2.56 bits per heavy atom. The predicted octanol–water partition coefficient (Wildman–Crippen LogP) is 7.62. The van der Waals surface area contributed by atoms with Crippen molar-refractivity contribution in [2.45, 2.75) is 96.3 Å². The number of pyridine rings is 2. The van der Waals surface area contributed by atoms with Crippen molar-refractivity contribution in [2.24, 2.45) is 18.1 Å². The minimum absolute atomic E-state index is 0.0214. The number of aliphatic hydroxyl groups excluding tert-OH is 1. The lowest BCUT2D eigenvalue weighted by Crippen LogP contribution is -2.52. The van der Waals surface area contributed by atoms with Crippen molar-refractivity contribution in [3.8, 4) is 27.4 Å². The molecule has 410 valence electrons. The number of H-pyrrole nitrogens is 1. The summed E-state index contributed by atoms with van der Waals surface area (Å²) in [5.41, 5.74) is 6.25. The van der Waals surface area contributed by atoms with Crippen molar-refractivity contribution in [3.63, 3.8) is 0 Å². The standard InChI is InChI=1S/C55H61F2N11O8S2/c1-8-68-55(5,35-14-12-32(13-15-35)49-31(4)61-29-77-49)62-50(63-68)43-20-37(69)26-67(43)53(71)46(30(2)3)44-22-45(64-76-44)75-17-11-9-10-16-58-52(70)38-21-42-39(18-33(38)28-78(7,73)74)40-27-65(6)54(72)48-47(40)34(23-59-48)25-66(42)51-41(57)19-36(56)24-60-51/h12-15,18-19,21-24,27,29-30,37,43,46,59,69H,8-11,16-17,20,25-26,28H2,1-7H3,(H,58,70)(H,62,63). The molecule has 3 aliphatic rings. The fourth-order valence-electron chi connectivity index (χ4n) is 10.9. The van der Waals surface area contributed by atoms with Crippen LogP contribution in [0, 0.1) is 24.5 Å². The summed E-state index contributed by atoms with van der Waals surface area (Å²) in [4.78, 5) is 57.7. The molecule has 7 aromatic rings. The molecule has 5 aromatic heterocycles. The van der Waals surface area contributed by atoms with Gasteiger partial charge < -0.3 is 44.4 Å². The Labute approximate surface area is 453 Å². The van der Waals surface area contributed by atoms with Crippen LogP contribution in [0.1, 0.15) is 97.8 Å². The van der Waals surface area contributed by atoms with Crippen LogP contribution in [0.2, 0.25) is 0 Å². The molecule has 3 aliphatic heterocycles. The highest BCUT2D eigenvalue weighted by molar-refractivity contribution is 7.89. The molecule has 4 unspecified atom stereocenters. The van der Waals surface area contributed by atoms with Gasteiger partial charge in [-0.25, -0.2) is 27.2 Å². The van der Waals surface area contributed by atoms with Crippen molar-refractivity contribution in [3.05, 3.63) is 128 Å². The molecule has 0 spiro atoms. The average Bonchev–Trinajstić information content (AvgIpc) is 4.42. The van der Waals surface area contributed by atoms with E-state index in [1.807, 2.05) is 38.2 Å². The number of hydrogen-bond acceptors (Lipinski definition) is 16. The van der Waals surface area contributed by atoms with Crippen molar-refractivity contribution in [1.82, 2.24) is 45.2 Å². The number of hydrogen-bond donors (Lipinski definition) is 4. The maximum absolute atomic E-state index is 15.6. The summed E-state index contributed by atoms with van der Waals surface area (Å²) in [6.07, 6.45) is 6.43. The number of rotatable bonds is 18. The fourth-order valence-corrected chi connectivity index (χ4v) is 12.6. The van der Waals surface area contributed by atoms with E-state index in [-0.39, 0.29) is 72.0 Å². The molecular formula is C55H61F2N11O8S2. The lowest BCUT2D eigenvalue weighted by molar-refractivity contribution is -0.134. The van der Waals surface area contributed by atoms with Crippen molar-refractivity contribution >= 4 is 61.2 Å². The van der Waals surface area contributed by atoms with Crippen LogP contribution in [0.5, 0.6) is 5.88 Å². The van der Waals surface area contributed by atoms with Gasteiger partial charge in [0.15, 0.2) is 32.9 Å². The molecule has 2 amide bonds. The van der Waals surface area contributed by atoms with E-state index in [2.05, 4.69) is 61.9 Å². The molecular weight excluding hydrogens is 1040 g/mol. The number of likely N-dealkylation sites (tertiary alicyclic amines) is 1. The largest absolute Gasteiger partial charge is 0.476 e. The number of nitrogens with zero attached hydrogens (tertiary/aromatic N) is 8. The summed E-state index contributed by atoms with van der Waals surface area (Å²) in [5, 5.41) is 29.2. The number of nitrogens with one attached hydrogen (secondary N) is 3. The number of aromatic amines is 1. The van der Waals surface area contributed by atoms with Crippen LogP contribution >= 0.6 is 11.3 Å². The summed E-state index contributed by atoms with van der Waals surface area (Å²) in [7, 11) is -2.12. The Bertz CT molecular complexity index is 3650.